The molecule has 0 N–H and O–H groups in total. The molecule has 0 aromatic heterocycles. The van der Waals surface area contributed by atoms with Gasteiger partial charge < -0.3 is 9.80 Å². The SMILES string of the molecule is CC1Cc2ccccc2N1C(=O)CSCCN(C)C. The third-order valence-corrected chi connectivity index (χ3v) is 4.31. The van der Waals surface area contributed by atoms with E-state index in [4.69, 9.17) is 0 Å². The molecule has 1 aromatic rings. The average molecular weight is 278 g/mol. The molecule has 104 valence electrons. The quantitative estimate of drug-likeness (QED) is 0.772. The molecule has 0 radical (unpaired) electrons. The van der Waals surface area contributed by atoms with Crippen LogP contribution in [0.3, 0.4) is 0 Å². The lowest BCUT2D eigenvalue weighted by Gasteiger charge is -2.22. The van der Waals surface area contributed by atoms with E-state index in [1.54, 1.807) is 11.8 Å². The van der Waals surface area contributed by atoms with Gasteiger partial charge in [0.25, 0.3) is 0 Å². The molecule has 3 nitrogen and oxygen atoms in total. The van der Waals surface area contributed by atoms with Gasteiger partial charge in [-0.05, 0) is 39.1 Å². The highest BCUT2D eigenvalue weighted by Crippen LogP contribution is 2.32. The zero-order chi connectivity index (χ0) is 13.8. The summed E-state index contributed by atoms with van der Waals surface area (Å²) < 4.78 is 0. The zero-order valence-corrected chi connectivity index (χ0v) is 12.7. The van der Waals surface area contributed by atoms with Crippen LogP contribution in [0.4, 0.5) is 5.69 Å². The Morgan fingerprint density at radius 3 is 2.89 bits per heavy atom. The Hall–Kier alpha value is -1.000. The Morgan fingerprint density at radius 1 is 1.42 bits per heavy atom. The van der Waals surface area contributed by atoms with Crippen LogP contribution in [0.2, 0.25) is 0 Å². The van der Waals surface area contributed by atoms with Gasteiger partial charge in [-0.3, -0.25) is 4.79 Å². The average Bonchev–Trinajstić information content (AvgIpc) is 2.70. The number of hydrogen-bond donors (Lipinski definition) is 0. The number of fused-ring (bicyclic) bond motifs is 1. The number of nitrogens with zero attached hydrogens (tertiary/aromatic N) is 2. The summed E-state index contributed by atoms with van der Waals surface area (Å²) in [5.74, 6) is 1.82. The van der Waals surface area contributed by atoms with Gasteiger partial charge >= 0.3 is 0 Å². The summed E-state index contributed by atoms with van der Waals surface area (Å²) in [5, 5.41) is 0. The number of anilines is 1. The van der Waals surface area contributed by atoms with Gasteiger partial charge in [0.15, 0.2) is 0 Å². The number of thioether (sulfide) groups is 1. The van der Waals surface area contributed by atoms with Gasteiger partial charge in [-0.1, -0.05) is 18.2 Å². The van der Waals surface area contributed by atoms with Crippen LogP contribution in [-0.2, 0) is 11.2 Å². The normalized spacial score (nSPS) is 17.9. The van der Waals surface area contributed by atoms with Crippen molar-refractivity contribution < 1.29 is 4.79 Å². The van der Waals surface area contributed by atoms with Crippen molar-refractivity contribution in [3.05, 3.63) is 29.8 Å². The van der Waals surface area contributed by atoms with Crippen LogP contribution in [-0.4, -0.2) is 49.0 Å². The van der Waals surface area contributed by atoms with Crippen molar-refractivity contribution in [3.8, 4) is 0 Å². The van der Waals surface area contributed by atoms with Crippen LogP contribution < -0.4 is 4.90 Å². The van der Waals surface area contributed by atoms with Crippen molar-refractivity contribution in [1.29, 1.82) is 0 Å². The lowest BCUT2D eigenvalue weighted by Crippen LogP contribution is -2.37. The Balaban J connectivity index is 1.92. The maximum absolute atomic E-state index is 12.4. The molecule has 1 atom stereocenters. The van der Waals surface area contributed by atoms with Crippen LogP contribution in [0, 0.1) is 0 Å². The highest BCUT2D eigenvalue weighted by Gasteiger charge is 2.29. The summed E-state index contributed by atoms with van der Waals surface area (Å²) in [6.45, 7) is 3.15. The summed E-state index contributed by atoms with van der Waals surface area (Å²) in [6.07, 6.45) is 0.976. The van der Waals surface area contributed by atoms with Gasteiger partial charge in [0.2, 0.25) is 5.91 Å². The van der Waals surface area contributed by atoms with Crippen LogP contribution in [0.15, 0.2) is 24.3 Å². The third kappa shape index (κ3) is 3.51. The van der Waals surface area contributed by atoms with Crippen molar-refractivity contribution in [2.45, 2.75) is 19.4 Å². The summed E-state index contributed by atoms with van der Waals surface area (Å²) in [5.41, 5.74) is 2.40. The molecule has 1 aliphatic heterocycles. The van der Waals surface area contributed by atoms with Crippen molar-refractivity contribution >= 4 is 23.4 Å². The van der Waals surface area contributed by atoms with Crippen molar-refractivity contribution in [1.82, 2.24) is 4.90 Å². The van der Waals surface area contributed by atoms with Crippen LogP contribution in [0.5, 0.6) is 0 Å². The molecule has 0 saturated carbocycles. The fourth-order valence-corrected chi connectivity index (χ4v) is 3.37. The van der Waals surface area contributed by atoms with E-state index in [9.17, 15) is 4.79 Å². The number of carbonyl (C=O) groups excluding carboxylic acids is 1. The zero-order valence-electron chi connectivity index (χ0n) is 11.9. The molecular weight excluding hydrogens is 256 g/mol. The molecule has 4 heteroatoms. The fraction of sp³-hybridized carbons (Fsp3) is 0.533. The van der Waals surface area contributed by atoms with E-state index in [1.165, 1.54) is 5.56 Å². The number of carbonyl (C=O) groups is 1. The minimum absolute atomic E-state index is 0.237. The van der Waals surface area contributed by atoms with Crippen molar-refractivity contribution in [2.24, 2.45) is 0 Å². The highest BCUT2D eigenvalue weighted by atomic mass is 32.2. The monoisotopic (exact) mass is 278 g/mol. The van der Waals surface area contributed by atoms with Gasteiger partial charge in [0.1, 0.15) is 0 Å². The first-order valence-electron chi connectivity index (χ1n) is 6.72. The third-order valence-electron chi connectivity index (χ3n) is 3.38. The van der Waals surface area contributed by atoms with E-state index in [1.807, 2.05) is 17.0 Å². The maximum atomic E-state index is 12.4. The second-order valence-corrected chi connectivity index (χ2v) is 6.41. The molecule has 0 fully saturated rings. The molecule has 1 heterocycles. The van der Waals surface area contributed by atoms with Gasteiger partial charge in [-0.15, -0.1) is 0 Å². The molecule has 1 aliphatic rings. The molecule has 2 rings (SSSR count). The van der Waals surface area contributed by atoms with E-state index >= 15 is 0 Å². The Kier molecular flexibility index (Phi) is 4.88. The molecular formula is C15H22N2OS. The molecule has 0 aliphatic carbocycles. The topological polar surface area (TPSA) is 23.6 Å². The van der Waals surface area contributed by atoms with Crippen LogP contribution in [0.1, 0.15) is 12.5 Å². The first-order valence-corrected chi connectivity index (χ1v) is 7.87. The van der Waals surface area contributed by atoms with E-state index < -0.39 is 0 Å². The summed E-state index contributed by atoms with van der Waals surface area (Å²) >= 11 is 1.72. The van der Waals surface area contributed by atoms with Gasteiger partial charge in [-0.25, -0.2) is 0 Å². The molecule has 1 unspecified atom stereocenters. The van der Waals surface area contributed by atoms with Gasteiger partial charge in [-0.2, -0.15) is 11.8 Å². The second-order valence-electron chi connectivity index (χ2n) is 5.30. The van der Waals surface area contributed by atoms with E-state index in [0.717, 1.165) is 24.4 Å². The number of para-hydroxylation sites is 1. The Morgan fingerprint density at radius 2 is 2.16 bits per heavy atom. The minimum Gasteiger partial charge on any atom is -0.309 e. The first kappa shape index (κ1) is 14.4. The molecule has 0 spiro atoms. The minimum atomic E-state index is 0.237. The lowest BCUT2D eigenvalue weighted by molar-refractivity contribution is -0.116. The number of rotatable bonds is 5. The molecule has 1 amide bonds. The van der Waals surface area contributed by atoms with E-state index in [-0.39, 0.29) is 5.91 Å². The fourth-order valence-electron chi connectivity index (χ4n) is 2.42. The summed E-state index contributed by atoms with van der Waals surface area (Å²) in [7, 11) is 4.11. The number of hydrogen-bond acceptors (Lipinski definition) is 3. The standard InChI is InChI=1S/C15H22N2OS/c1-12-10-13-6-4-5-7-14(13)17(12)15(18)11-19-9-8-16(2)3/h4-7,12H,8-11H2,1-3H3. The number of benzene rings is 1. The Bertz CT molecular complexity index is 448. The second kappa shape index (κ2) is 6.44. The smallest absolute Gasteiger partial charge is 0.237 e. The van der Waals surface area contributed by atoms with Crippen LogP contribution in [0.25, 0.3) is 0 Å². The van der Waals surface area contributed by atoms with Crippen molar-refractivity contribution in [3.63, 3.8) is 0 Å². The lowest BCUT2D eigenvalue weighted by atomic mass is 10.1. The maximum Gasteiger partial charge on any atom is 0.237 e. The predicted octanol–water partition coefficient (Wildman–Crippen LogP) is 2.26. The first-order chi connectivity index (χ1) is 9.09. The van der Waals surface area contributed by atoms with E-state index in [0.29, 0.717) is 11.8 Å². The number of amides is 1. The van der Waals surface area contributed by atoms with Gasteiger partial charge in [0, 0.05) is 24.0 Å². The highest BCUT2D eigenvalue weighted by molar-refractivity contribution is 7.99. The summed E-state index contributed by atoms with van der Waals surface area (Å²) in [6, 6.07) is 8.53. The van der Waals surface area contributed by atoms with Crippen molar-refractivity contribution in [2.75, 3.05) is 37.0 Å². The Labute approximate surface area is 120 Å². The molecule has 1 aromatic carbocycles. The van der Waals surface area contributed by atoms with E-state index in [2.05, 4.69) is 38.1 Å². The van der Waals surface area contributed by atoms with Gasteiger partial charge in [0.05, 0.1) is 5.75 Å². The summed E-state index contributed by atoms with van der Waals surface area (Å²) in [4.78, 5) is 16.5. The molecule has 19 heavy (non-hydrogen) atoms. The largest absolute Gasteiger partial charge is 0.309 e. The molecule has 0 saturated heterocycles. The predicted molar refractivity (Wildman–Crippen MR) is 83.0 cm³/mol. The molecule has 0 bridgehead atoms. The van der Waals surface area contributed by atoms with Crippen LogP contribution >= 0.6 is 11.8 Å².